The van der Waals surface area contributed by atoms with E-state index in [1.165, 1.54) is 16.7 Å². The molecule has 138 valence electrons. The smallest absolute Gasteiger partial charge is 0.256 e. The van der Waals surface area contributed by atoms with Crippen LogP contribution >= 0.6 is 0 Å². The van der Waals surface area contributed by atoms with Crippen molar-refractivity contribution >= 4 is 5.91 Å². The van der Waals surface area contributed by atoms with Crippen LogP contribution in [0.5, 0.6) is 0 Å². The number of nitrogens with zero attached hydrogens (tertiary/aromatic N) is 2. The van der Waals surface area contributed by atoms with Gasteiger partial charge in [0.2, 0.25) is 0 Å². The molecule has 0 bridgehead atoms. The lowest BCUT2D eigenvalue weighted by Gasteiger charge is -2.30. The number of carbonyl (C=O) groups is 1. The molecule has 4 atom stereocenters. The predicted octanol–water partition coefficient (Wildman–Crippen LogP) is 3.29. The topological polar surface area (TPSA) is 53.4 Å². The second-order valence-electron chi connectivity index (χ2n) is 7.67. The minimum Gasteiger partial charge on any atom is -0.393 e. The fourth-order valence-electron chi connectivity index (χ4n) is 4.56. The summed E-state index contributed by atoms with van der Waals surface area (Å²) in [4.78, 5) is 18.3. The normalized spacial score (nSPS) is 27.1. The maximum atomic E-state index is 12.6. The second kappa shape index (κ2) is 7.17. The average molecular weight is 360 g/mol. The van der Waals surface area contributed by atoms with Crippen LogP contribution in [-0.4, -0.2) is 39.6 Å². The van der Waals surface area contributed by atoms with E-state index in [4.69, 9.17) is 6.42 Å². The summed E-state index contributed by atoms with van der Waals surface area (Å²) >= 11 is 0. The van der Waals surface area contributed by atoms with Gasteiger partial charge in [-0.3, -0.25) is 9.78 Å². The van der Waals surface area contributed by atoms with Gasteiger partial charge >= 0.3 is 0 Å². The highest BCUT2D eigenvalue weighted by atomic mass is 16.3. The van der Waals surface area contributed by atoms with Crippen molar-refractivity contribution in [3.8, 4) is 23.5 Å². The summed E-state index contributed by atoms with van der Waals surface area (Å²) < 4.78 is 0. The Morgan fingerprint density at radius 1 is 1.30 bits per heavy atom. The molecule has 4 heteroatoms. The van der Waals surface area contributed by atoms with Gasteiger partial charge in [0.1, 0.15) is 0 Å². The van der Waals surface area contributed by atoms with Gasteiger partial charge in [-0.05, 0) is 54.5 Å². The van der Waals surface area contributed by atoms with Gasteiger partial charge in [0, 0.05) is 24.9 Å². The van der Waals surface area contributed by atoms with Gasteiger partial charge in [0.15, 0.2) is 0 Å². The third-order valence-corrected chi connectivity index (χ3v) is 6.11. The summed E-state index contributed by atoms with van der Waals surface area (Å²) in [5.74, 6) is 3.02. The number of hydrogen-bond acceptors (Lipinski definition) is 3. The number of aliphatic hydroxyl groups is 1. The summed E-state index contributed by atoms with van der Waals surface area (Å²) in [7, 11) is 0. The molecule has 2 fully saturated rings. The van der Waals surface area contributed by atoms with Crippen molar-refractivity contribution in [3.63, 3.8) is 0 Å². The summed E-state index contributed by atoms with van der Waals surface area (Å²) in [6.45, 7) is 2.69. The highest BCUT2D eigenvalue weighted by Gasteiger charge is 2.47. The van der Waals surface area contributed by atoms with E-state index in [9.17, 15) is 9.90 Å². The highest BCUT2D eigenvalue weighted by Crippen LogP contribution is 2.41. The molecule has 4 aliphatic rings. The maximum Gasteiger partial charge on any atom is 0.256 e. The number of rotatable bonds is 1. The SMILES string of the molecule is C#CC1C2CCCC(O)C2CN1C(=O)c1cccnc1.Cc1cc2ccc1-2. The highest BCUT2D eigenvalue weighted by molar-refractivity contribution is 5.94. The zero-order valence-corrected chi connectivity index (χ0v) is 15.5. The Kier molecular flexibility index (Phi) is 4.72. The minimum atomic E-state index is -0.337. The second-order valence-corrected chi connectivity index (χ2v) is 7.67. The number of fused-ring (bicyclic) bond motifs is 2. The molecule has 1 amide bonds. The molecular weight excluding hydrogens is 336 g/mol. The van der Waals surface area contributed by atoms with Crippen LogP contribution < -0.4 is 0 Å². The monoisotopic (exact) mass is 360 g/mol. The van der Waals surface area contributed by atoms with E-state index in [1.807, 2.05) is 0 Å². The molecule has 4 unspecified atom stereocenters. The number of carbonyl (C=O) groups excluding carboxylic acids is 1. The van der Waals surface area contributed by atoms with Crippen LogP contribution in [-0.2, 0) is 0 Å². The van der Waals surface area contributed by atoms with Crippen LogP contribution in [0.15, 0.2) is 42.7 Å². The first kappa shape index (κ1) is 17.8. The first-order chi connectivity index (χ1) is 13.1. The summed E-state index contributed by atoms with van der Waals surface area (Å²) in [5, 5.41) is 10.1. The van der Waals surface area contributed by atoms with Crippen LogP contribution in [0.3, 0.4) is 0 Å². The number of hydrogen-bond donors (Lipinski definition) is 1. The first-order valence-electron chi connectivity index (χ1n) is 9.56. The van der Waals surface area contributed by atoms with E-state index in [0.29, 0.717) is 12.1 Å². The summed E-state index contributed by atoms with van der Waals surface area (Å²) in [6.07, 6.45) is 11.3. The molecule has 1 saturated heterocycles. The molecule has 0 aromatic carbocycles. The van der Waals surface area contributed by atoms with Crippen LogP contribution in [0.2, 0.25) is 0 Å². The van der Waals surface area contributed by atoms with Crippen molar-refractivity contribution in [1.29, 1.82) is 0 Å². The van der Waals surface area contributed by atoms with Crippen LogP contribution in [0.4, 0.5) is 0 Å². The number of likely N-dealkylation sites (tertiary alicyclic amines) is 1. The van der Waals surface area contributed by atoms with Gasteiger partial charge in [-0.1, -0.05) is 30.5 Å². The zero-order valence-electron chi connectivity index (χ0n) is 15.5. The Labute approximate surface area is 160 Å². The number of aromatic nitrogens is 1. The molecule has 5 rings (SSSR count). The number of aliphatic hydroxyl groups excluding tert-OH is 1. The molecule has 0 radical (unpaired) electrons. The van der Waals surface area contributed by atoms with E-state index in [0.717, 1.165) is 19.3 Å². The third kappa shape index (κ3) is 3.13. The molecule has 1 N–H and O–H groups in total. The van der Waals surface area contributed by atoms with Gasteiger partial charge < -0.3 is 10.0 Å². The van der Waals surface area contributed by atoms with Crippen LogP contribution in [0.1, 0.15) is 35.2 Å². The van der Waals surface area contributed by atoms with Crippen LogP contribution in [0, 0.1) is 31.1 Å². The zero-order chi connectivity index (χ0) is 19.0. The molecule has 0 spiro atoms. The Hall–Kier alpha value is -2.64. The van der Waals surface area contributed by atoms with E-state index in [-0.39, 0.29) is 29.9 Å². The van der Waals surface area contributed by atoms with Gasteiger partial charge in [-0.2, -0.15) is 0 Å². The van der Waals surface area contributed by atoms with Crippen LogP contribution in [0.25, 0.3) is 11.1 Å². The number of terminal acetylenes is 1. The number of benzene rings is 1. The fraction of sp³-hybridized carbons (Fsp3) is 0.391. The lowest BCUT2D eigenvalue weighted by atomic mass is 9.77. The number of aryl methyl sites for hydroxylation is 1. The molecule has 3 aliphatic carbocycles. The van der Waals surface area contributed by atoms with E-state index in [2.05, 4.69) is 36.0 Å². The molecule has 4 nitrogen and oxygen atoms in total. The van der Waals surface area contributed by atoms with Crippen molar-refractivity contribution in [2.45, 2.75) is 38.3 Å². The maximum absolute atomic E-state index is 12.6. The molecule has 27 heavy (non-hydrogen) atoms. The van der Waals surface area contributed by atoms with Gasteiger partial charge in [-0.15, -0.1) is 6.42 Å². The quantitative estimate of drug-likeness (QED) is 0.678. The molecular formula is C23H24N2O2. The Morgan fingerprint density at radius 2 is 2.15 bits per heavy atom. The van der Waals surface area contributed by atoms with E-state index >= 15 is 0 Å². The Balaban J connectivity index is 0.000000213. The third-order valence-electron chi connectivity index (χ3n) is 6.11. The molecule has 1 aliphatic heterocycles. The van der Waals surface area contributed by atoms with Crippen molar-refractivity contribution in [1.82, 2.24) is 9.88 Å². The average Bonchev–Trinajstić information content (AvgIpc) is 3.06. The van der Waals surface area contributed by atoms with Gasteiger partial charge in [0.05, 0.1) is 17.7 Å². The number of pyridine rings is 1. The van der Waals surface area contributed by atoms with Crippen molar-refractivity contribution < 1.29 is 9.90 Å². The Morgan fingerprint density at radius 3 is 2.67 bits per heavy atom. The van der Waals surface area contributed by atoms with Gasteiger partial charge in [-0.25, -0.2) is 0 Å². The molecule has 1 aromatic rings. The van der Waals surface area contributed by atoms with Crippen molar-refractivity contribution in [2.75, 3.05) is 6.54 Å². The van der Waals surface area contributed by atoms with Crippen molar-refractivity contribution in [3.05, 3.63) is 53.9 Å². The molecule has 2 heterocycles. The standard InChI is InChI=1S/C16H18N2O2.C7H6/c1-2-14-12-6-3-7-15(19)13(12)10-18(14)16(20)11-5-4-8-17-9-11;1-5-4-6-2-3-7(5)6/h1,4-5,8-9,12-15,19H,3,6-7,10H2;2-4H,1H3. The number of amides is 1. The van der Waals surface area contributed by atoms with E-state index in [1.54, 1.807) is 29.4 Å². The fourth-order valence-corrected chi connectivity index (χ4v) is 4.56. The Bertz CT molecular complexity index is 887. The predicted molar refractivity (Wildman–Crippen MR) is 105 cm³/mol. The summed E-state index contributed by atoms with van der Waals surface area (Å²) in [5.41, 5.74) is 4.91. The van der Waals surface area contributed by atoms with Gasteiger partial charge in [0.25, 0.3) is 5.91 Å². The van der Waals surface area contributed by atoms with Crippen molar-refractivity contribution in [2.24, 2.45) is 11.8 Å². The largest absolute Gasteiger partial charge is 0.393 e. The van der Waals surface area contributed by atoms with E-state index < -0.39 is 0 Å². The lowest BCUT2D eigenvalue weighted by Crippen LogP contribution is -2.37. The summed E-state index contributed by atoms with van der Waals surface area (Å²) in [6, 6.07) is 9.79. The minimum absolute atomic E-state index is 0.0809. The first-order valence-corrected chi connectivity index (χ1v) is 9.56. The lowest BCUT2D eigenvalue weighted by molar-refractivity contribution is 0.0524. The molecule has 1 aromatic heterocycles. The molecule has 1 saturated carbocycles.